The van der Waals surface area contributed by atoms with Gasteiger partial charge in [-0.1, -0.05) is 12.1 Å². The number of fused-ring (bicyclic) bond motifs is 1. The Labute approximate surface area is 153 Å². The highest BCUT2D eigenvalue weighted by atomic mass is 79.9. The van der Waals surface area contributed by atoms with Crippen molar-refractivity contribution >= 4 is 42.9 Å². The molecule has 25 heavy (non-hydrogen) atoms. The number of carbonyl (C=O) groups excluding carboxylic acids is 1. The van der Waals surface area contributed by atoms with Gasteiger partial charge >= 0.3 is 0 Å². The molecule has 0 unspecified atom stereocenters. The maximum Gasteiger partial charge on any atom is 0.252 e. The predicted molar refractivity (Wildman–Crippen MR) is 97.4 cm³/mol. The zero-order valence-corrected chi connectivity index (χ0v) is 15.6. The molecule has 0 aliphatic carbocycles. The van der Waals surface area contributed by atoms with Crippen LogP contribution in [-0.2, 0) is 23.6 Å². The number of aromatic nitrogens is 2. The summed E-state index contributed by atoms with van der Waals surface area (Å²) in [5.41, 5.74) is 1.99. The highest BCUT2D eigenvalue weighted by Crippen LogP contribution is 2.21. The van der Waals surface area contributed by atoms with E-state index in [4.69, 9.17) is 5.14 Å². The van der Waals surface area contributed by atoms with Gasteiger partial charge in [0.15, 0.2) is 0 Å². The summed E-state index contributed by atoms with van der Waals surface area (Å²) in [7, 11) is -2.01. The summed E-state index contributed by atoms with van der Waals surface area (Å²) in [6, 6.07) is 11.7. The molecule has 130 valence electrons. The van der Waals surface area contributed by atoms with Crippen molar-refractivity contribution in [1.82, 2.24) is 14.9 Å². The molecule has 0 saturated heterocycles. The molecule has 3 rings (SSSR count). The average Bonchev–Trinajstić information content (AvgIpc) is 2.88. The number of aryl methyl sites for hydroxylation is 1. The van der Waals surface area contributed by atoms with Crippen molar-refractivity contribution in [3.8, 4) is 0 Å². The van der Waals surface area contributed by atoms with E-state index >= 15 is 0 Å². The van der Waals surface area contributed by atoms with Gasteiger partial charge in [0.1, 0.15) is 5.82 Å². The first-order chi connectivity index (χ1) is 11.8. The molecule has 3 aromatic rings. The summed E-state index contributed by atoms with van der Waals surface area (Å²) in [6.07, 6.45) is 0. The van der Waals surface area contributed by atoms with E-state index < -0.39 is 15.9 Å². The molecular formula is C16H15BrN4O3S. The number of nitrogens with one attached hydrogen (secondary N) is 1. The van der Waals surface area contributed by atoms with Crippen molar-refractivity contribution in [3.05, 3.63) is 58.3 Å². The number of para-hydroxylation sites is 2. The molecule has 9 heteroatoms. The van der Waals surface area contributed by atoms with Crippen molar-refractivity contribution in [3.63, 3.8) is 0 Å². The van der Waals surface area contributed by atoms with Crippen molar-refractivity contribution in [2.75, 3.05) is 0 Å². The second-order valence-electron chi connectivity index (χ2n) is 5.45. The van der Waals surface area contributed by atoms with Gasteiger partial charge in [0.25, 0.3) is 5.91 Å². The van der Waals surface area contributed by atoms with Crippen LogP contribution in [0.15, 0.2) is 51.8 Å². The van der Waals surface area contributed by atoms with Crippen LogP contribution in [0, 0.1) is 0 Å². The summed E-state index contributed by atoms with van der Waals surface area (Å²) in [4.78, 5) is 16.8. The van der Waals surface area contributed by atoms with Crippen LogP contribution < -0.4 is 10.5 Å². The highest BCUT2D eigenvalue weighted by Gasteiger charge is 2.16. The van der Waals surface area contributed by atoms with Crippen LogP contribution >= 0.6 is 15.9 Å². The molecule has 0 aliphatic rings. The SMILES string of the molecule is Cn1c(CNC(=O)c2cc(S(N)(=O)=O)ccc2Br)nc2ccccc21. The molecule has 0 fully saturated rings. The van der Waals surface area contributed by atoms with Crippen LogP contribution in [0.1, 0.15) is 16.2 Å². The quantitative estimate of drug-likeness (QED) is 0.669. The van der Waals surface area contributed by atoms with Gasteiger partial charge in [-0.15, -0.1) is 0 Å². The van der Waals surface area contributed by atoms with Gasteiger partial charge in [-0.05, 0) is 46.3 Å². The second-order valence-corrected chi connectivity index (χ2v) is 7.86. The molecule has 1 aromatic heterocycles. The first-order valence-electron chi connectivity index (χ1n) is 7.28. The van der Waals surface area contributed by atoms with E-state index in [1.807, 2.05) is 35.9 Å². The van der Waals surface area contributed by atoms with Gasteiger partial charge in [-0.25, -0.2) is 18.5 Å². The number of nitrogens with zero attached hydrogens (tertiary/aromatic N) is 2. The molecule has 0 atom stereocenters. The lowest BCUT2D eigenvalue weighted by Crippen LogP contribution is -2.25. The lowest BCUT2D eigenvalue weighted by Gasteiger charge is -2.08. The fourth-order valence-electron chi connectivity index (χ4n) is 2.46. The van der Waals surface area contributed by atoms with Crippen LogP contribution in [-0.4, -0.2) is 23.9 Å². The second kappa shape index (κ2) is 6.58. The van der Waals surface area contributed by atoms with E-state index in [1.54, 1.807) is 0 Å². The molecule has 0 bridgehead atoms. The number of amides is 1. The molecular weight excluding hydrogens is 408 g/mol. The molecule has 1 amide bonds. The first-order valence-corrected chi connectivity index (χ1v) is 9.62. The van der Waals surface area contributed by atoms with Gasteiger partial charge in [-0.2, -0.15) is 0 Å². The monoisotopic (exact) mass is 422 g/mol. The average molecular weight is 423 g/mol. The van der Waals surface area contributed by atoms with Gasteiger partial charge in [0.05, 0.1) is 28.0 Å². The molecule has 2 aromatic carbocycles. The minimum atomic E-state index is -3.88. The third kappa shape index (κ3) is 3.58. The third-order valence-corrected chi connectivity index (χ3v) is 5.40. The normalized spacial score (nSPS) is 11.6. The molecule has 0 aliphatic heterocycles. The van der Waals surface area contributed by atoms with E-state index in [2.05, 4.69) is 26.2 Å². The Kier molecular flexibility index (Phi) is 4.63. The lowest BCUT2D eigenvalue weighted by atomic mass is 10.2. The van der Waals surface area contributed by atoms with Gasteiger partial charge in [0, 0.05) is 11.5 Å². The number of sulfonamides is 1. The van der Waals surface area contributed by atoms with E-state index in [9.17, 15) is 13.2 Å². The topological polar surface area (TPSA) is 107 Å². The fourth-order valence-corrected chi connectivity index (χ4v) is 3.43. The fraction of sp³-hybridized carbons (Fsp3) is 0.125. The Morgan fingerprint density at radius 1 is 1.28 bits per heavy atom. The van der Waals surface area contributed by atoms with Crippen LogP contribution in [0.4, 0.5) is 0 Å². The third-order valence-electron chi connectivity index (χ3n) is 3.80. The number of imidazole rings is 1. The largest absolute Gasteiger partial charge is 0.345 e. The summed E-state index contributed by atoms with van der Waals surface area (Å²) >= 11 is 3.25. The molecule has 0 radical (unpaired) electrons. The number of hydrogen-bond acceptors (Lipinski definition) is 4. The van der Waals surface area contributed by atoms with Crippen LogP contribution in [0.3, 0.4) is 0 Å². The van der Waals surface area contributed by atoms with Crippen LogP contribution in [0.25, 0.3) is 11.0 Å². The smallest absolute Gasteiger partial charge is 0.252 e. The standard InChI is InChI=1S/C16H15BrN4O3S/c1-21-14-5-3-2-4-13(14)20-15(21)9-19-16(22)11-8-10(25(18,23)24)6-7-12(11)17/h2-8H,9H2,1H3,(H,19,22)(H2,18,23,24). The maximum absolute atomic E-state index is 12.4. The van der Waals surface area contributed by atoms with Crippen LogP contribution in [0.5, 0.6) is 0 Å². The number of nitrogens with two attached hydrogens (primary N) is 1. The number of halogens is 1. The predicted octanol–water partition coefficient (Wildman–Crippen LogP) is 1.91. The lowest BCUT2D eigenvalue weighted by molar-refractivity contribution is 0.0948. The number of benzene rings is 2. The van der Waals surface area contributed by atoms with Crippen molar-refractivity contribution in [2.45, 2.75) is 11.4 Å². The zero-order valence-electron chi connectivity index (χ0n) is 13.2. The van der Waals surface area contributed by atoms with E-state index in [0.29, 0.717) is 10.3 Å². The summed E-state index contributed by atoms with van der Waals surface area (Å²) in [5, 5.41) is 7.86. The number of primary sulfonamides is 1. The van der Waals surface area contributed by atoms with Crippen molar-refractivity contribution < 1.29 is 13.2 Å². The summed E-state index contributed by atoms with van der Waals surface area (Å²) in [6.45, 7) is 0.204. The Hall–Kier alpha value is -2.23. The van der Waals surface area contributed by atoms with E-state index in [0.717, 1.165) is 11.0 Å². The van der Waals surface area contributed by atoms with Crippen LogP contribution in [0.2, 0.25) is 0 Å². The summed E-state index contributed by atoms with van der Waals surface area (Å²) in [5.74, 6) is 0.262. The van der Waals surface area contributed by atoms with Crippen molar-refractivity contribution in [1.29, 1.82) is 0 Å². The van der Waals surface area contributed by atoms with E-state index in [1.165, 1.54) is 18.2 Å². The van der Waals surface area contributed by atoms with E-state index in [-0.39, 0.29) is 17.0 Å². The van der Waals surface area contributed by atoms with Crippen molar-refractivity contribution in [2.24, 2.45) is 12.2 Å². The molecule has 7 nitrogen and oxygen atoms in total. The Morgan fingerprint density at radius 2 is 2.00 bits per heavy atom. The summed E-state index contributed by atoms with van der Waals surface area (Å²) < 4.78 is 25.3. The number of hydrogen-bond donors (Lipinski definition) is 2. The molecule has 0 saturated carbocycles. The zero-order chi connectivity index (χ0) is 18.2. The minimum absolute atomic E-state index is 0.122. The first kappa shape index (κ1) is 17.6. The molecule has 0 spiro atoms. The Bertz CT molecular complexity index is 1080. The number of rotatable bonds is 4. The minimum Gasteiger partial charge on any atom is -0.345 e. The van der Waals surface area contributed by atoms with Gasteiger partial charge < -0.3 is 9.88 Å². The highest BCUT2D eigenvalue weighted by molar-refractivity contribution is 9.10. The number of carbonyl (C=O) groups is 1. The molecule has 1 heterocycles. The Morgan fingerprint density at radius 3 is 2.68 bits per heavy atom. The molecule has 3 N–H and O–H groups in total. The van der Waals surface area contributed by atoms with Gasteiger partial charge in [-0.3, -0.25) is 4.79 Å². The maximum atomic E-state index is 12.4. The Balaban J connectivity index is 1.84. The van der Waals surface area contributed by atoms with Gasteiger partial charge in [0.2, 0.25) is 10.0 Å².